The van der Waals surface area contributed by atoms with Gasteiger partial charge in [-0.1, -0.05) is 0 Å². The minimum atomic E-state index is -0.304. The average Bonchev–Trinajstić information content (AvgIpc) is 3.34. The number of fused-ring (bicyclic) bond motifs is 2. The summed E-state index contributed by atoms with van der Waals surface area (Å²) in [5, 5.41) is 4.34. The highest BCUT2D eigenvalue weighted by atomic mass is 32.1. The number of thiazole rings is 1. The van der Waals surface area contributed by atoms with Crippen molar-refractivity contribution >= 4 is 54.5 Å². The zero-order valence-corrected chi connectivity index (χ0v) is 17.4. The van der Waals surface area contributed by atoms with Crippen LogP contribution in [0, 0.1) is 5.82 Å². The lowest BCUT2D eigenvalue weighted by Gasteiger charge is -2.36. The van der Waals surface area contributed by atoms with Crippen LogP contribution in [0.15, 0.2) is 36.0 Å². The van der Waals surface area contributed by atoms with Crippen molar-refractivity contribution in [1.82, 2.24) is 14.9 Å². The van der Waals surface area contributed by atoms with Crippen molar-refractivity contribution in [2.45, 2.75) is 31.7 Å². The number of hydrogen-bond donors (Lipinski definition) is 1. The van der Waals surface area contributed by atoms with Crippen LogP contribution in [0.5, 0.6) is 0 Å². The summed E-state index contributed by atoms with van der Waals surface area (Å²) in [5.74, 6) is 0.218. The van der Waals surface area contributed by atoms with E-state index in [0.29, 0.717) is 23.2 Å². The number of nitrogens with zero attached hydrogens (tertiary/aromatic N) is 3. The summed E-state index contributed by atoms with van der Waals surface area (Å²) in [6.45, 7) is 3.46. The van der Waals surface area contributed by atoms with Gasteiger partial charge >= 0.3 is 0 Å². The van der Waals surface area contributed by atoms with Crippen molar-refractivity contribution in [2.75, 3.05) is 18.9 Å². The fourth-order valence-electron chi connectivity index (χ4n) is 4.08. The molecule has 0 aliphatic carbocycles. The number of rotatable bonds is 3. The molecule has 0 unspecified atom stereocenters. The third kappa shape index (κ3) is 2.98. The Morgan fingerprint density at radius 3 is 3.00 bits per heavy atom. The number of nitrogens with one attached hydrogen (secondary N) is 1. The van der Waals surface area contributed by atoms with Crippen molar-refractivity contribution in [3.63, 3.8) is 0 Å². The number of anilines is 2. The maximum atomic E-state index is 14.8. The maximum absolute atomic E-state index is 14.8. The number of benzene rings is 1. The van der Waals surface area contributed by atoms with Gasteiger partial charge in [0.2, 0.25) is 0 Å². The SMILES string of the molecule is C[C@@H]1[C@@H](c2cc3c(Nc4ccc5scnc5c4F)ccnc3s2)CCCN1C. The Morgan fingerprint density at radius 2 is 2.11 bits per heavy atom. The van der Waals surface area contributed by atoms with E-state index in [1.165, 1.54) is 29.1 Å². The van der Waals surface area contributed by atoms with Crippen LogP contribution in [0.2, 0.25) is 0 Å². The van der Waals surface area contributed by atoms with E-state index in [4.69, 9.17) is 0 Å². The van der Waals surface area contributed by atoms with Gasteiger partial charge in [0.25, 0.3) is 0 Å². The summed E-state index contributed by atoms with van der Waals surface area (Å²) < 4.78 is 15.7. The zero-order valence-electron chi connectivity index (χ0n) is 15.8. The molecule has 1 N–H and O–H groups in total. The fraction of sp³-hybridized carbons (Fsp3) is 0.333. The van der Waals surface area contributed by atoms with Crippen molar-refractivity contribution in [3.05, 3.63) is 46.7 Å². The minimum Gasteiger partial charge on any atom is -0.352 e. The van der Waals surface area contributed by atoms with Gasteiger partial charge in [0, 0.05) is 28.4 Å². The number of aromatic nitrogens is 2. The van der Waals surface area contributed by atoms with Crippen molar-refractivity contribution in [3.8, 4) is 0 Å². The summed E-state index contributed by atoms with van der Waals surface area (Å²) in [4.78, 5) is 13.5. The lowest BCUT2D eigenvalue weighted by atomic mass is 9.89. The summed E-state index contributed by atoms with van der Waals surface area (Å²) in [6.07, 6.45) is 4.22. The van der Waals surface area contributed by atoms with Crippen molar-refractivity contribution in [1.29, 1.82) is 0 Å². The van der Waals surface area contributed by atoms with E-state index < -0.39 is 0 Å². The molecular formula is C21H21FN4S2. The normalized spacial score (nSPS) is 20.8. The van der Waals surface area contributed by atoms with E-state index in [9.17, 15) is 4.39 Å². The summed E-state index contributed by atoms with van der Waals surface area (Å²) in [6, 6.07) is 8.38. The number of hydrogen-bond acceptors (Lipinski definition) is 6. The molecule has 1 aliphatic heterocycles. The van der Waals surface area contributed by atoms with Gasteiger partial charge in [-0.15, -0.1) is 22.7 Å². The number of pyridine rings is 1. The van der Waals surface area contributed by atoms with Crippen LogP contribution in [0.25, 0.3) is 20.4 Å². The first-order valence-corrected chi connectivity index (χ1v) is 11.2. The second-order valence-electron chi connectivity index (χ2n) is 7.45. The Bertz CT molecular complexity index is 1150. The van der Waals surface area contributed by atoms with Crippen molar-refractivity contribution < 1.29 is 4.39 Å². The van der Waals surface area contributed by atoms with Gasteiger partial charge in [-0.3, -0.25) is 0 Å². The molecule has 0 radical (unpaired) electrons. The predicted octanol–water partition coefficient (Wildman–Crippen LogP) is 5.99. The Balaban J connectivity index is 1.53. The standard InChI is InChI=1S/C21H21FN4S2/c1-12-13(4-3-9-26(12)2)18-10-14-15(7-8-23-21(14)28-18)25-16-5-6-17-20(19(16)22)24-11-27-17/h5-8,10-13H,3-4,9H2,1-2H3,(H,23,25)/t12-,13+/m1/s1. The van der Waals surface area contributed by atoms with Crippen LogP contribution >= 0.6 is 22.7 Å². The van der Waals surface area contributed by atoms with Gasteiger partial charge in [0.15, 0.2) is 5.82 Å². The smallest absolute Gasteiger partial charge is 0.173 e. The summed E-state index contributed by atoms with van der Waals surface area (Å²) >= 11 is 3.21. The Hall–Kier alpha value is -2.09. The fourth-order valence-corrected chi connectivity index (χ4v) is 6.01. The van der Waals surface area contributed by atoms with Gasteiger partial charge in [-0.25, -0.2) is 14.4 Å². The molecule has 0 amide bonds. The zero-order chi connectivity index (χ0) is 19.3. The van der Waals surface area contributed by atoms with Crippen LogP contribution in [0.1, 0.15) is 30.6 Å². The first-order chi connectivity index (χ1) is 13.6. The van der Waals surface area contributed by atoms with E-state index in [0.717, 1.165) is 27.1 Å². The predicted molar refractivity (Wildman–Crippen MR) is 117 cm³/mol. The molecule has 1 aliphatic rings. The number of piperidine rings is 1. The van der Waals surface area contributed by atoms with E-state index >= 15 is 0 Å². The van der Waals surface area contributed by atoms with E-state index in [1.54, 1.807) is 29.1 Å². The average molecular weight is 413 g/mol. The lowest BCUT2D eigenvalue weighted by molar-refractivity contribution is 0.176. The van der Waals surface area contributed by atoms with Crippen molar-refractivity contribution in [2.24, 2.45) is 0 Å². The molecule has 0 spiro atoms. The summed E-state index contributed by atoms with van der Waals surface area (Å²) in [5.41, 5.74) is 3.43. The first kappa shape index (κ1) is 18.0. The van der Waals surface area contributed by atoms with E-state index in [2.05, 4.69) is 40.2 Å². The highest BCUT2D eigenvalue weighted by molar-refractivity contribution is 7.18. The molecule has 1 fully saturated rings. The number of thiophene rings is 1. The molecule has 28 heavy (non-hydrogen) atoms. The quantitative estimate of drug-likeness (QED) is 0.449. The van der Waals surface area contributed by atoms with Gasteiger partial charge in [-0.2, -0.15) is 0 Å². The van der Waals surface area contributed by atoms with Gasteiger partial charge in [-0.05, 0) is 57.6 Å². The molecule has 0 bridgehead atoms. The van der Waals surface area contributed by atoms with Crippen LogP contribution in [0.4, 0.5) is 15.8 Å². The number of halogens is 1. The molecule has 1 saturated heterocycles. The molecule has 4 nitrogen and oxygen atoms in total. The monoisotopic (exact) mass is 412 g/mol. The van der Waals surface area contributed by atoms with Gasteiger partial charge in [0.1, 0.15) is 10.3 Å². The molecular weight excluding hydrogens is 391 g/mol. The number of likely N-dealkylation sites (N-methyl/N-ethyl adjacent to an activating group) is 1. The first-order valence-electron chi connectivity index (χ1n) is 9.49. The topological polar surface area (TPSA) is 41.1 Å². The molecule has 0 saturated carbocycles. The minimum absolute atomic E-state index is 0.304. The van der Waals surface area contributed by atoms with Crippen LogP contribution in [0.3, 0.4) is 0 Å². The molecule has 5 rings (SSSR count). The largest absolute Gasteiger partial charge is 0.352 e. The summed E-state index contributed by atoms with van der Waals surface area (Å²) in [7, 11) is 2.20. The highest BCUT2D eigenvalue weighted by Crippen LogP contribution is 2.40. The van der Waals surface area contributed by atoms with E-state index in [-0.39, 0.29) is 5.82 Å². The second-order valence-corrected chi connectivity index (χ2v) is 9.40. The van der Waals surface area contributed by atoms with Gasteiger partial charge in [0.05, 0.1) is 21.6 Å². The molecule has 2 atom stereocenters. The van der Waals surface area contributed by atoms with Crippen LogP contribution in [-0.4, -0.2) is 34.5 Å². The Labute approximate surface area is 171 Å². The molecule has 3 aromatic heterocycles. The Kier molecular flexibility index (Phi) is 4.53. The molecule has 4 aromatic rings. The lowest BCUT2D eigenvalue weighted by Crippen LogP contribution is -2.38. The highest BCUT2D eigenvalue weighted by Gasteiger charge is 2.28. The molecule has 144 valence electrons. The second kappa shape index (κ2) is 7.06. The van der Waals surface area contributed by atoms with Gasteiger partial charge < -0.3 is 10.2 Å². The number of likely N-dealkylation sites (tertiary alicyclic amines) is 1. The van der Waals surface area contributed by atoms with Crippen LogP contribution in [-0.2, 0) is 0 Å². The maximum Gasteiger partial charge on any atom is 0.173 e. The molecule has 4 heterocycles. The van der Waals surface area contributed by atoms with Crippen LogP contribution < -0.4 is 5.32 Å². The third-order valence-corrected chi connectivity index (χ3v) is 7.80. The molecule has 7 heteroatoms. The third-order valence-electron chi connectivity index (χ3n) is 5.83. The Morgan fingerprint density at radius 1 is 1.21 bits per heavy atom. The van der Waals surface area contributed by atoms with E-state index in [1.807, 2.05) is 12.1 Å². The molecule has 1 aromatic carbocycles.